The van der Waals surface area contributed by atoms with Crippen LogP contribution < -0.4 is 4.90 Å². The topological polar surface area (TPSA) is 45.4 Å². The van der Waals surface area contributed by atoms with Crippen LogP contribution in [0.2, 0.25) is 0 Å². The summed E-state index contributed by atoms with van der Waals surface area (Å²) in [6.07, 6.45) is 0. The standard InChI is InChI=1S/C22H26N4O/c1-16-7-9-19(10-8-16)22-24-23-21(27-22)15-25-11-13-26(14-12-25)20-6-4-5-17(2)18(20)3/h4-10H,11-15H2,1-3H3. The van der Waals surface area contributed by atoms with E-state index in [1.165, 1.54) is 22.4 Å². The Labute approximate surface area is 160 Å². The summed E-state index contributed by atoms with van der Waals surface area (Å²) in [6, 6.07) is 14.7. The highest BCUT2D eigenvalue weighted by Gasteiger charge is 2.20. The molecule has 2 heterocycles. The van der Waals surface area contributed by atoms with Crippen LogP contribution in [0.5, 0.6) is 0 Å². The smallest absolute Gasteiger partial charge is 0.247 e. The molecular formula is C22H26N4O. The molecule has 1 aliphatic heterocycles. The van der Waals surface area contributed by atoms with Gasteiger partial charge in [-0.2, -0.15) is 0 Å². The van der Waals surface area contributed by atoms with Gasteiger partial charge in [0.15, 0.2) is 0 Å². The maximum Gasteiger partial charge on any atom is 0.247 e. The predicted molar refractivity (Wildman–Crippen MR) is 108 cm³/mol. The number of rotatable bonds is 4. The second kappa shape index (κ2) is 7.53. The normalized spacial score (nSPS) is 15.3. The van der Waals surface area contributed by atoms with Crippen molar-refractivity contribution in [1.29, 1.82) is 0 Å². The lowest BCUT2D eigenvalue weighted by atomic mass is 10.1. The zero-order valence-corrected chi connectivity index (χ0v) is 16.3. The first kappa shape index (κ1) is 17.7. The molecule has 140 valence electrons. The highest BCUT2D eigenvalue weighted by atomic mass is 16.4. The maximum absolute atomic E-state index is 5.88. The van der Waals surface area contributed by atoms with E-state index in [2.05, 4.69) is 71.1 Å². The summed E-state index contributed by atoms with van der Waals surface area (Å²) in [5.74, 6) is 1.28. The van der Waals surface area contributed by atoms with Gasteiger partial charge in [-0.05, 0) is 50.1 Å². The van der Waals surface area contributed by atoms with E-state index in [1.807, 2.05) is 12.1 Å². The van der Waals surface area contributed by atoms with Gasteiger partial charge in [0.25, 0.3) is 0 Å². The van der Waals surface area contributed by atoms with Gasteiger partial charge >= 0.3 is 0 Å². The van der Waals surface area contributed by atoms with Crippen LogP contribution in [0.25, 0.3) is 11.5 Å². The van der Waals surface area contributed by atoms with Crippen molar-refractivity contribution in [3.05, 3.63) is 65.0 Å². The number of hydrogen-bond donors (Lipinski definition) is 0. The fraction of sp³-hybridized carbons (Fsp3) is 0.364. The first-order valence-corrected chi connectivity index (χ1v) is 9.53. The summed E-state index contributed by atoms with van der Waals surface area (Å²) in [5.41, 5.74) is 6.28. The molecule has 5 nitrogen and oxygen atoms in total. The van der Waals surface area contributed by atoms with Crippen LogP contribution in [-0.4, -0.2) is 41.3 Å². The predicted octanol–water partition coefficient (Wildman–Crippen LogP) is 3.98. The molecule has 0 saturated carbocycles. The molecule has 0 spiro atoms. The number of anilines is 1. The lowest BCUT2D eigenvalue weighted by Crippen LogP contribution is -2.46. The van der Waals surface area contributed by atoms with Crippen LogP contribution in [0.1, 0.15) is 22.6 Å². The minimum atomic E-state index is 0.596. The van der Waals surface area contributed by atoms with Crippen molar-refractivity contribution in [2.24, 2.45) is 0 Å². The monoisotopic (exact) mass is 362 g/mol. The Morgan fingerprint density at radius 2 is 1.63 bits per heavy atom. The SMILES string of the molecule is Cc1ccc(-c2nnc(CN3CCN(c4cccc(C)c4C)CC3)o2)cc1. The molecule has 0 unspecified atom stereocenters. The number of benzene rings is 2. The van der Waals surface area contributed by atoms with E-state index in [9.17, 15) is 0 Å². The lowest BCUT2D eigenvalue weighted by Gasteiger charge is -2.36. The van der Waals surface area contributed by atoms with Crippen molar-refractivity contribution >= 4 is 5.69 Å². The third-order valence-corrected chi connectivity index (χ3v) is 5.41. The first-order chi connectivity index (χ1) is 13.1. The van der Waals surface area contributed by atoms with Gasteiger partial charge in [-0.1, -0.05) is 29.8 Å². The van der Waals surface area contributed by atoms with Crippen LogP contribution >= 0.6 is 0 Å². The van der Waals surface area contributed by atoms with Crippen molar-refractivity contribution < 1.29 is 4.42 Å². The van der Waals surface area contributed by atoms with Gasteiger partial charge in [-0.25, -0.2) is 0 Å². The average molecular weight is 362 g/mol. The van der Waals surface area contributed by atoms with Crippen molar-refractivity contribution in [2.45, 2.75) is 27.3 Å². The summed E-state index contributed by atoms with van der Waals surface area (Å²) in [5, 5.41) is 8.45. The fourth-order valence-electron chi connectivity index (χ4n) is 3.55. The Morgan fingerprint density at radius 3 is 2.37 bits per heavy atom. The Hall–Kier alpha value is -2.66. The molecule has 5 heteroatoms. The molecule has 0 N–H and O–H groups in total. The quantitative estimate of drug-likeness (QED) is 0.702. The molecule has 3 aromatic rings. The summed E-state index contributed by atoms with van der Waals surface area (Å²) < 4.78 is 5.88. The number of hydrogen-bond acceptors (Lipinski definition) is 5. The first-order valence-electron chi connectivity index (χ1n) is 9.53. The van der Waals surface area contributed by atoms with Crippen LogP contribution in [0.3, 0.4) is 0 Å². The van der Waals surface area contributed by atoms with E-state index < -0.39 is 0 Å². The fourth-order valence-corrected chi connectivity index (χ4v) is 3.55. The maximum atomic E-state index is 5.88. The van der Waals surface area contributed by atoms with Gasteiger partial charge in [0.1, 0.15) is 0 Å². The van der Waals surface area contributed by atoms with Gasteiger partial charge in [0.05, 0.1) is 6.54 Å². The Bertz CT molecular complexity index is 908. The highest BCUT2D eigenvalue weighted by Crippen LogP contribution is 2.24. The molecule has 1 fully saturated rings. The Kier molecular flexibility index (Phi) is 4.94. The van der Waals surface area contributed by atoms with E-state index in [0.717, 1.165) is 31.7 Å². The molecule has 2 aromatic carbocycles. The molecule has 4 rings (SSSR count). The minimum Gasteiger partial charge on any atom is -0.419 e. The summed E-state index contributed by atoms with van der Waals surface area (Å²) in [7, 11) is 0. The van der Waals surface area contributed by atoms with Gasteiger partial charge in [-0.3, -0.25) is 4.90 Å². The number of aryl methyl sites for hydroxylation is 2. The molecule has 27 heavy (non-hydrogen) atoms. The van der Waals surface area contributed by atoms with Gasteiger partial charge in [0, 0.05) is 37.4 Å². The zero-order chi connectivity index (χ0) is 18.8. The van der Waals surface area contributed by atoms with Crippen molar-refractivity contribution in [3.8, 4) is 11.5 Å². The van der Waals surface area contributed by atoms with Crippen LogP contribution in [0.4, 0.5) is 5.69 Å². The molecule has 1 saturated heterocycles. The summed E-state index contributed by atoms with van der Waals surface area (Å²) in [4.78, 5) is 4.86. The molecule has 0 radical (unpaired) electrons. The molecule has 0 aliphatic carbocycles. The average Bonchev–Trinajstić information content (AvgIpc) is 3.14. The van der Waals surface area contributed by atoms with Crippen molar-refractivity contribution in [3.63, 3.8) is 0 Å². The molecular weight excluding hydrogens is 336 g/mol. The van der Waals surface area contributed by atoms with Crippen LogP contribution in [0.15, 0.2) is 46.9 Å². The molecule has 0 atom stereocenters. The molecule has 1 aliphatic rings. The molecule has 0 bridgehead atoms. The van der Waals surface area contributed by atoms with Crippen LogP contribution in [0, 0.1) is 20.8 Å². The number of nitrogens with zero attached hydrogens (tertiary/aromatic N) is 4. The second-order valence-electron chi connectivity index (χ2n) is 7.35. The van der Waals surface area contributed by atoms with Crippen molar-refractivity contribution in [2.75, 3.05) is 31.1 Å². The highest BCUT2D eigenvalue weighted by molar-refractivity contribution is 5.56. The van der Waals surface area contributed by atoms with E-state index in [4.69, 9.17) is 4.42 Å². The van der Waals surface area contributed by atoms with E-state index in [0.29, 0.717) is 18.3 Å². The Balaban J connectivity index is 1.37. The Morgan fingerprint density at radius 1 is 0.889 bits per heavy atom. The van der Waals surface area contributed by atoms with E-state index in [-0.39, 0.29) is 0 Å². The summed E-state index contributed by atoms with van der Waals surface area (Å²) in [6.45, 7) is 11.2. The number of piperazine rings is 1. The van der Waals surface area contributed by atoms with Crippen molar-refractivity contribution in [1.82, 2.24) is 15.1 Å². The number of aromatic nitrogens is 2. The minimum absolute atomic E-state index is 0.596. The zero-order valence-electron chi connectivity index (χ0n) is 16.3. The second-order valence-corrected chi connectivity index (χ2v) is 7.35. The largest absolute Gasteiger partial charge is 0.419 e. The van der Waals surface area contributed by atoms with E-state index >= 15 is 0 Å². The molecule has 1 aromatic heterocycles. The molecule has 0 amide bonds. The van der Waals surface area contributed by atoms with Gasteiger partial charge < -0.3 is 9.32 Å². The lowest BCUT2D eigenvalue weighted by molar-refractivity contribution is 0.227. The van der Waals surface area contributed by atoms with E-state index in [1.54, 1.807) is 0 Å². The van der Waals surface area contributed by atoms with Gasteiger partial charge in [-0.15, -0.1) is 10.2 Å². The third kappa shape index (κ3) is 3.88. The summed E-state index contributed by atoms with van der Waals surface area (Å²) >= 11 is 0. The van der Waals surface area contributed by atoms with Gasteiger partial charge in [0.2, 0.25) is 11.8 Å². The third-order valence-electron chi connectivity index (χ3n) is 5.41. The van der Waals surface area contributed by atoms with Crippen LogP contribution in [-0.2, 0) is 6.54 Å².